The van der Waals surface area contributed by atoms with Crippen LogP contribution in [0.1, 0.15) is 24.2 Å². The number of Topliss-reactive ketones (excluding diaryl/α,β-unsaturated/α-hetero) is 1. The summed E-state index contributed by atoms with van der Waals surface area (Å²) in [6.07, 6.45) is 1.84. The average Bonchev–Trinajstić information content (AvgIpc) is 2.28. The Morgan fingerprint density at radius 1 is 1.53 bits per heavy atom. The molecular formula is C14H19NO2. The molecule has 0 aromatic heterocycles. The maximum absolute atomic E-state index is 11.8. The summed E-state index contributed by atoms with van der Waals surface area (Å²) in [5.74, 6) is 0.788. The van der Waals surface area contributed by atoms with Crippen molar-refractivity contribution in [2.75, 3.05) is 13.1 Å². The van der Waals surface area contributed by atoms with Crippen LogP contribution in [0.4, 0.5) is 0 Å². The van der Waals surface area contributed by atoms with Crippen molar-refractivity contribution in [2.45, 2.75) is 20.0 Å². The molecule has 3 nitrogen and oxygen atoms in total. The molecule has 0 heterocycles. The molecule has 0 unspecified atom stereocenters. The van der Waals surface area contributed by atoms with Crippen molar-refractivity contribution in [3.63, 3.8) is 0 Å². The lowest BCUT2D eigenvalue weighted by atomic mass is 10.1. The second-order valence-corrected chi connectivity index (χ2v) is 4.04. The van der Waals surface area contributed by atoms with Crippen LogP contribution >= 0.6 is 0 Å². The Hall–Kier alpha value is -1.61. The molecule has 17 heavy (non-hydrogen) atoms. The fraction of sp³-hybridized carbons (Fsp3) is 0.357. The van der Waals surface area contributed by atoms with E-state index in [1.165, 1.54) is 0 Å². The van der Waals surface area contributed by atoms with Gasteiger partial charge in [0.25, 0.3) is 0 Å². The van der Waals surface area contributed by atoms with E-state index in [-0.39, 0.29) is 11.9 Å². The van der Waals surface area contributed by atoms with Crippen molar-refractivity contribution in [1.82, 2.24) is 5.32 Å². The van der Waals surface area contributed by atoms with Crippen LogP contribution in [-0.4, -0.2) is 25.0 Å². The number of ether oxygens (including phenoxy) is 1. The summed E-state index contributed by atoms with van der Waals surface area (Å²) >= 11 is 0. The highest BCUT2D eigenvalue weighted by Gasteiger charge is 2.06. The van der Waals surface area contributed by atoms with E-state index in [1.54, 1.807) is 18.2 Å². The van der Waals surface area contributed by atoms with Gasteiger partial charge in [-0.15, -0.1) is 6.58 Å². The number of benzene rings is 1. The van der Waals surface area contributed by atoms with E-state index in [4.69, 9.17) is 4.74 Å². The van der Waals surface area contributed by atoms with Crippen LogP contribution < -0.4 is 10.1 Å². The van der Waals surface area contributed by atoms with Crippen molar-refractivity contribution in [3.8, 4) is 5.75 Å². The maximum Gasteiger partial charge on any atom is 0.176 e. The SMILES string of the molecule is C=CCNCC(=O)c1cccc(OC(C)C)c1. The van der Waals surface area contributed by atoms with Crippen molar-refractivity contribution in [3.05, 3.63) is 42.5 Å². The molecular weight excluding hydrogens is 214 g/mol. The summed E-state index contributed by atoms with van der Waals surface area (Å²) in [5.41, 5.74) is 0.666. The minimum Gasteiger partial charge on any atom is -0.491 e. The lowest BCUT2D eigenvalue weighted by Gasteiger charge is -2.10. The first-order valence-corrected chi connectivity index (χ1v) is 5.75. The Morgan fingerprint density at radius 2 is 2.29 bits per heavy atom. The molecule has 1 aromatic rings. The van der Waals surface area contributed by atoms with Crippen LogP contribution in [0.3, 0.4) is 0 Å². The number of hydrogen-bond acceptors (Lipinski definition) is 3. The summed E-state index contributed by atoms with van der Waals surface area (Å²) in [5, 5.41) is 2.99. The minimum absolute atomic E-state index is 0.0565. The van der Waals surface area contributed by atoms with Crippen molar-refractivity contribution in [1.29, 1.82) is 0 Å². The van der Waals surface area contributed by atoms with Gasteiger partial charge < -0.3 is 10.1 Å². The average molecular weight is 233 g/mol. The third-order valence-corrected chi connectivity index (χ3v) is 2.10. The lowest BCUT2D eigenvalue weighted by molar-refractivity contribution is 0.0991. The molecule has 0 saturated heterocycles. The number of carbonyl (C=O) groups excluding carboxylic acids is 1. The second-order valence-electron chi connectivity index (χ2n) is 4.04. The van der Waals surface area contributed by atoms with Crippen LogP contribution in [0.15, 0.2) is 36.9 Å². The summed E-state index contributed by atoms with van der Waals surface area (Å²) in [6, 6.07) is 7.26. The number of hydrogen-bond donors (Lipinski definition) is 1. The Kier molecular flexibility index (Phi) is 5.43. The monoisotopic (exact) mass is 233 g/mol. The third-order valence-electron chi connectivity index (χ3n) is 2.10. The molecule has 0 saturated carbocycles. The van der Waals surface area contributed by atoms with Gasteiger partial charge >= 0.3 is 0 Å². The van der Waals surface area contributed by atoms with Gasteiger partial charge in [-0.2, -0.15) is 0 Å². The molecule has 0 radical (unpaired) electrons. The second kappa shape index (κ2) is 6.86. The fourth-order valence-corrected chi connectivity index (χ4v) is 1.40. The number of nitrogens with one attached hydrogen (secondary N) is 1. The zero-order valence-corrected chi connectivity index (χ0v) is 10.4. The summed E-state index contributed by atoms with van der Waals surface area (Å²) in [6.45, 7) is 8.45. The van der Waals surface area contributed by atoms with E-state index >= 15 is 0 Å². The third kappa shape index (κ3) is 4.83. The topological polar surface area (TPSA) is 38.3 Å². The molecule has 0 bridgehead atoms. The first-order valence-electron chi connectivity index (χ1n) is 5.75. The molecule has 1 rings (SSSR count). The molecule has 92 valence electrons. The summed E-state index contributed by atoms with van der Waals surface area (Å²) in [7, 11) is 0. The van der Waals surface area contributed by atoms with Crippen LogP contribution in [0.25, 0.3) is 0 Å². The van der Waals surface area contributed by atoms with Crippen LogP contribution in [-0.2, 0) is 0 Å². The highest BCUT2D eigenvalue weighted by Crippen LogP contribution is 2.15. The molecule has 1 N–H and O–H groups in total. The quantitative estimate of drug-likeness (QED) is 0.446. The molecule has 0 amide bonds. The zero-order chi connectivity index (χ0) is 12.7. The fourth-order valence-electron chi connectivity index (χ4n) is 1.40. The van der Waals surface area contributed by atoms with E-state index in [9.17, 15) is 4.79 Å². The smallest absolute Gasteiger partial charge is 0.176 e. The van der Waals surface area contributed by atoms with Gasteiger partial charge in [-0.25, -0.2) is 0 Å². The molecule has 0 spiro atoms. The largest absolute Gasteiger partial charge is 0.491 e. The summed E-state index contributed by atoms with van der Waals surface area (Å²) in [4.78, 5) is 11.8. The Bertz CT molecular complexity index is 386. The Balaban J connectivity index is 2.63. The number of ketones is 1. The van der Waals surface area contributed by atoms with Gasteiger partial charge in [0.15, 0.2) is 5.78 Å². The first-order chi connectivity index (χ1) is 8.13. The molecule has 0 aliphatic rings. The van der Waals surface area contributed by atoms with Gasteiger partial charge in [-0.1, -0.05) is 18.2 Å². The van der Waals surface area contributed by atoms with E-state index in [0.29, 0.717) is 18.7 Å². The molecule has 0 fully saturated rings. The van der Waals surface area contributed by atoms with Crippen LogP contribution in [0.5, 0.6) is 5.75 Å². The van der Waals surface area contributed by atoms with Gasteiger partial charge in [0, 0.05) is 12.1 Å². The maximum atomic E-state index is 11.8. The van der Waals surface area contributed by atoms with E-state index in [2.05, 4.69) is 11.9 Å². The van der Waals surface area contributed by atoms with Gasteiger partial charge in [-0.05, 0) is 26.0 Å². The van der Waals surface area contributed by atoms with Gasteiger partial charge in [-0.3, -0.25) is 4.79 Å². The van der Waals surface area contributed by atoms with E-state index in [1.807, 2.05) is 26.0 Å². The predicted molar refractivity (Wildman–Crippen MR) is 69.6 cm³/mol. The molecule has 0 atom stereocenters. The first kappa shape index (κ1) is 13.5. The van der Waals surface area contributed by atoms with Crippen molar-refractivity contribution in [2.24, 2.45) is 0 Å². The number of carbonyl (C=O) groups is 1. The highest BCUT2D eigenvalue weighted by molar-refractivity contribution is 5.97. The number of rotatable bonds is 7. The van der Waals surface area contributed by atoms with Crippen molar-refractivity contribution >= 4 is 5.78 Å². The Labute approximate surface area is 102 Å². The van der Waals surface area contributed by atoms with Crippen LogP contribution in [0, 0.1) is 0 Å². The normalized spacial score (nSPS) is 10.3. The van der Waals surface area contributed by atoms with Gasteiger partial charge in [0.05, 0.1) is 12.6 Å². The van der Waals surface area contributed by atoms with Gasteiger partial charge in [0.1, 0.15) is 5.75 Å². The molecule has 0 aliphatic carbocycles. The van der Waals surface area contributed by atoms with Crippen LogP contribution in [0.2, 0.25) is 0 Å². The minimum atomic E-state index is 0.0565. The highest BCUT2D eigenvalue weighted by atomic mass is 16.5. The standard InChI is InChI=1S/C14H19NO2/c1-4-8-15-10-14(16)12-6-5-7-13(9-12)17-11(2)3/h4-7,9,11,15H,1,8,10H2,2-3H3. The lowest BCUT2D eigenvalue weighted by Crippen LogP contribution is -2.23. The Morgan fingerprint density at radius 3 is 2.94 bits per heavy atom. The van der Waals surface area contributed by atoms with Crippen molar-refractivity contribution < 1.29 is 9.53 Å². The molecule has 0 aliphatic heterocycles. The van der Waals surface area contributed by atoms with Gasteiger partial charge in [0.2, 0.25) is 0 Å². The van der Waals surface area contributed by atoms with E-state index in [0.717, 1.165) is 5.75 Å². The zero-order valence-electron chi connectivity index (χ0n) is 10.4. The summed E-state index contributed by atoms with van der Waals surface area (Å²) < 4.78 is 5.54. The predicted octanol–water partition coefficient (Wildman–Crippen LogP) is 2.43. The molecule has 3 heteroatoms. The van der Waals surface area contributed by atoms with E-state index < -0.39 is 0 Å². The molecule has 1 aromatic carbocycles.